The number of carbonyl (C=O) groups excluding carboxylic acids is 1. The van der Waals surface area contributed by atoms with E-state index in [4.69, 9.17) is 10.8 Å². The maximum atomic E-state index is 11.7. The number of carbonyl (C=O) groups is 2. The number of aromatic nitrogens is 2. The molecule has 1 rings (SSSR count). The first-order chi connectivity index (χ1) is 8.33. The van der Waals surface area contributed by atoms with E-state index in [1.54, 1.807) is 0 Å². The van der Waals surface area contributed by atoms with Crippen molar-refractivity contribution in [3.05, 3.63) is 12.4 Å². The number of aliphatic carboxylic acids is 1. The summed E-state index contributed by atoms with van der Waals surface area (Å²) in [5, 5.41) is 14.6. The molecule has 0 aliphatic carbocycles. The third-order valence-corrected chi connectivity index (χ3v) is 3.50. The zero-order chi connectivity index (χ0) is 13.8. The van der Waals surface area contributed by atoms with E-state index >= 15 is 0 Å². The summed E-state index contributed by atoms with van der Waals surface area (Å²) in [4.78, 5) is 21.2. The number of nitrogens with one attached hydrogen (secondary N) is 2. The lowest BCUT2D eigenvalue weighted by Crippen LogP contribution is -2.41. The summed E-state index contributed by atoms with van der Waals surface area (Å²) in [5.74, 6) is -2.09. The van der Waals surface area contributed by atoms with Gasteiger partial charge in [-0.3, -0.25) is 14.7 Å². The Kier molecular flexibility index (Phi) is 4.39. The molecular formula is C8H12N4O5S. The second-order valence-electron chi connectivity index (χ2n) is 3.45. The molecule has 1 aromatic rings. The van der Waals surface area contributed by atoms with Crippen molar-refractivity contribution in [3.8, 4) is 0 Å². The highest BCUT2D eigenvalue weighted by Crippen LogP contribution is 2.08. The molecule has 1 unspecified atom stereocenters. The van der Waals surface area contributed by atoms with E-state index in [-0.39, 0.29) is 17.7 Å². The maximum absolute atomic E-state index is 11.7. The van der Waals surface area contributed by atoms with Gasteiger partial charge in [-0.15, -0.1) is 0 Å². The van der Waals surface area contributed by atoms with E-state index in [2.05, 4.69) is 10.2 Å². The molecule has 0 saturated carbocycles. The van der Waals surface area contributed by atoms with Crippen molar-refractivity contribution in [1.82, 2.24) is 14.9 Å². The van der Waals surface area contributed by atoms with Gasteiger partial charge in [-0.05, 0) is 6.42 Å². The van der Waals surface area contributed by atoms with E-state index in [1.807, 2.05) is 4.72 Å². The van der Waals surface area contributed by atoms with Crippen LogP contribution in [0.1, 0.15) is 12.8 Å². The van der Waals surface area contributed by atoms with Gasteiger partial charge in [-0.2, -0.15) is 9.82 Å². The van der Waals surface area contributed by atoms with E-state index in [9.17, 15) is 18.0 Å². The Morgan fingerprint density at radius 3 is 2.67 bits per heavy atom. The maximum Gasteiger partial charge on any atom is 0.321 e. The predicted octanol–water partition coefficient (Wildman–Crippen LogP) is -1.59. The minimum Gasteiger partial charge on any atom is -0.480 e. The lowest BCUT2D eigenvalue weighted by Gasteiger charge is -2.12. The monoisotopic (exact) mass is 276 g/mol. The van der Waals surface area contributed by atoms with Crippen LogP contribution in [0.5, 0.6) is 0 Å². The highest BCUT2D eigenvalue weighted by Gasteiger charge is 2.26. The van der Waals surface area contributed by atoms with Gasteiger partial charge >= 0.3 is 5.97 Å². The van der Waals surface area contributed by atoms with Crippen LogP contribution in [0.25, 0.3) is 0 Å². The van der Waals surface area contributed by atoms with Gasteiger partial charge in [0.1, 0.15) is 10.9 Å². The van der Waals surface area contributed by atoms with E-state index in [1.165, 1.54) is 0 Å². The molecule has 100 valence electrons. The quantitative estimate of drug-likeness (QED) is 0.470. The minimum absolute atomic E-state index is 0.187. The van der Waals surface area contributed by atoms with Crippen molar-refractivity contribution in [1.29, 1.82) is 0 Å². The van der Waals surface area contributed by atoms with E-state index < -0.39 is 27.9 Å². The van der Waals surface area contributed by atoms with Crippen LogP contribution in [0.15, 0.2) is 17.3 Å². The summed E-state index contributed by atoms with van der Waals surface area (Å²) in [6.07, 6.45) is 1.69. The van der Waals surface area contributed by atoms with Gasteiger partial charge in [-0.25, -0.2) is 8.42 Å². The Morgan fingerprint density at radius 1 is 1.56 bits per heavy atom. The lowest BCUT2D eigenvalue weighted by molar-refractivity contribution is -0.139. The van der Waals surface area contributed by atoms with Crippen molar-refractivity contribution in [2.75, 3.05) is 0 Å². The van der Waals surface area contributed by atoms with E-state index in [0.717, 1.165) is 12.4 Å². The first-order valence-electron chi connectivity index (χ1n) is 4.85. The van der Waals surface area contributed by atoms with E-state index in [0.29, 0.717) is 0 Å². The number of aromatic amines is 1. The van der Waals surface area contributed by atoms with Gasteiger partial charge < -0.3 is 10.8 Å². The molecule has 10 heteroatoms. The van der Waals surface area contributed by atoms with Crippen LogP contribution in [0.3, 0.4) is 0 Å². The molecule has 0 spiro atoms. The summed E-state index contributed by atoms with van der Waals surface area (Å²) < 4.78 is 25.4. The zero-order valence-electron chi connectivity index (χ0n) is 9.16. The Morgan fingerprint density at radius 2 is 2.22 bits per heavy atom. The number of hydrogen-bond donors (Lipinski definition) is 4. The van der Waals surface area contributed by atoms with Gasteiger partial charge in [0.25, 0.3) is 0 Å². The Bertz CT molecular complexity index is 524. The van der Waals surface area contributed by atoms with Gasteiger partial charge in [0.05, 0.1) is 6.20 Å². The fourth-order valence-corrected chi connectivity index (χ4v) is 2.29. The molecule has 0 aliphatic rings. The van der Waals surface area contributed by atoms with Crippen LogP contribution in [0.4, 0.5) is 0 Å². The van der Waals surface area contributed by atoms with Crippen molar-refractivity contribution in [2.45, 2.75) is 23.8 Å². The van der Waals surface area contributed by atoms with Crippen LogP contribution in [-0.4, -0.2) is 41.6 Å². The fraction of sp³-hybridized carbons (Fsp3) is 0.375. The molecule has 9 nitrogen and oxygen atoms in total. The molecule has 0 fully saturated rings. The number of hydrogen-bond acceptors (Lipinski definition) is 5. The number of primary amides is 1. The smallest absolute Gasteiger partial charge is 0.321 e. The molecule has 1 aromatic heterocycles. The molecule has 1 atom stereocenters. The van der Waals surface area contributed by atoms with Gasteiger partial charge in [-0.1, -0.05) is 0 Å². The average Bonchev–Trinajstić information content (AvgIpc) is 2.77. The highest BCUT2D eigenvalue weighted by atomic mass is 32.2. The summed E-state index contributed by atoms with van der Waals surface area (Å²) in [6, 6.07) is -1.42. The number of carboxylic acids is 1. The standard InChI is InChI=1S/C8H12N4O5S/c9-7(13)2-1-6(8(14)15)12-18(16,17)5-3-10-11-4-5/h3-4,6,12H,1-2H2,(H2,9,13)(H,10,11)(H,14,15). The number of nitrogens with zero attached hydrogens (tertiary/aromatic N) is 1. The predicted molar refractivity (Wildman–Crippen MR) is 58.8 cm³/mol. The molecule has 0 saturated heterocycles. The summed E-state index contributed by atoms with van der Waals surface area (Å²) in [6.45, 7) is 0. The Labute approximate surface area is 102 Å². The first-order valence-corrected chi connectivity index (χ1v) is 6.33. The van der Waals surface area contributed by atoms with Crippen LogP contribution >= 0.6 is 0 Å². The van der Waals surface area contributed by atoms with Crippen LogP contribution in [0, 0.1) is 0 Å². The third kappa shape index (κ3) is 3.82. The first kappa shape index (κ1) is 14.1. The average molecular weight is 276 g/mol. The Balaban J connectivity index is 2.78. The van der Waals surface area contributed by atoms with Gasteiger partial charge in [0.2, 0.25) is 15.9 Å². The molecule has 5 N–H and O–H groups in total. The second kappa shape index (κ2) is 5.60. The molecule has 0 bridgehead atoms. The molecule has 1 heterocycles. The summed E-state index contributed by atoms with van der Waals surface area (Å²) in [7, 11) is -3.99. The molecular weight excluding hydrogens is 264 g/mol. The molecule has 0 radical (unpaired) electrons. The van der Waals surface area contributed by atoms with Gasteiger partial charge in [0.15, 0.2) is 0 Å². The SMILES string of the molecule is NC(=O)CCC(NS(=O)(=O)c1cn[nH]c1)C(=O)O. The normalized spacial score (nSPS) is 13.1. The molecule has 0 aliphatic heterocycles. The molecule has 0 aromatic carbocycles. The number of sulfonamides is 1. The zero-order valence-corrected chi connectivity index (χ0v) is 9.98. The second-order valence-corrected chi connectivity index (χ2v) is 5.17. The van der Waals surface area contributed by atoms with Crippen molar-refractivity contribution in [2.24, 2.45) is 5.73 Å². The van der Waals surface area contributed by atoms with Crippen LogP contribution in [0.2, 0.25) is 0 Å². The summed E-state index contributed by atoms with van der Waals surface area (Å²) in [5.41, 5.74) is 4.88. The minimum atomic E-state index is -3.99. The van der Waals surface area contributed by atoms with Crippen LogP contribution < -0.4 is 10.5 Å². The number of H-pyrrole nitrogens is 1. The van der Waals surface area contributed by atoms with Gasteiger partial charge in [0, 0.05) is 12.6 Å². The third-order valence-electron chi connectivity index (χ3n) is 2.06. The summed E-state index contributed by atoms with van der Waals surface area (Å²) >= 11 is 0. The number of carboxylic acid groups (broad SMARTS) is 1. The van der Waals surface area contributed by atoms with Crippen molar-refractivity contribution >= 4 is 21.9 Å². The van der Waals surface area contributed by atoms with Crippen LogP contribution in [-0.2, 0) is 19.6 Å². The Hall–Kier alpha value is -1.94. The number of nitrogens with two attached hydrogens (primary N) is 1. The van der Waals surface area contributed by atoms with Crippen molar-refractivity contribution < 1.29 is 23.1 Å². The number of rotatable bonds is 7. The topological polar surface area (TPSA) is 155 Å². The molecule has 18 heavy (non-hydrogen) atoms. The lowest BCUT2D eigenvalue weighted by atomic mass is 10.2. The fourth-order valence-electron chi connectivity index (χ4n) is 1.16. The highest BCUT2D eigenvalue weighted by molar-refractivity contribution is 7.89. The van der Waals surface area contributed by atoms with Crippen molar-refractivity contribution in [3.63, 3.8) is 0 Å². The largest absolute Gasteiger partial charge is 0.480 e. The molecule has 1 amide bonds. The number of amides is 1.